The van der Waals surface area contributed by atoms with Gasteiger partial charge in [-0.05, 0) is 0 Å². The maximum absolute atomic E-state index is 3.58. The van der Waals surface area contributed by atoms with Crippen molar-refractivity contribution < 1.29 is 18.7 Å². The first-order valence-electron chi connectivity index (χ1n) is 7.59. The van der Waals surface area contributed by atoms with E-state index in [1.54, 1.807) is 0 Å². The molecule has 0 amide bonds. The zero-order valence-corrected chi connectivity index (χ0v) is 18.7. The molecule has 3 aromatic rings. The van der Waals surface area contributed by atoms with E-state index in [-0.39, 0.29) is 0 Å². The van der Waals surface area contributed by atoms with E-state index in [1.807, 2.05) is 0 Å². The van der Waals surface area contributed by atoms with Gasteiger partial charge in [0.05, 0.1) is 0 Å². The van der Waals surface area contributed by atoms with Crippen LogP contribution in [0.1, 0.15) is 22.3 Å². The molecule has 2 nitrogen and oxygen atoms in total. The van der Waals surface area contributed by atoms with Crippen molar-refractivity contribution in [2.24, 2.45) is 0 Å². The van der Waals surface area contributed by atoms with Crippen LogP contribution in [-0.4, -0.2) is 9.13 Å². The minimum absolute atomic E-state index is 1.04. The molecule has 0 aliphatic carbocycles. The van der Waals surface area contributed by atoms with E-state index in [2.05, 4.69) is 124 Å². The van der Waals surface area contributed by atoms with Gasteiger partial charge in [0, 0.05) is 0 Å². The van der Waals surface area contributed by atoms with Crippen molar-refractivity contribution >= 4 is 31.9 Å². The average Bonchev–Trinajstić information content (AvgIpc) is 2.79. The van der Waals surface area contributed by atoms with Gasteiger partial charge in [-0.15, -0.1) is 0 Å². The van der Waals surface area contributed by atoms with Gasteiger partial charge in [-0.3, -0.25) is 0 Å². The topological polar surface area (TPSA) is 9.86 Å². The minimum atomic E-state index is 1.04. The standard InChI is InChI=1S/C19H18Br2N2.Pd/c1-12-7-16(20)8-13(2)18(12)22-5-6-23(11-22)19-14(3)9-17(21)10-15(19)4;/h5-10H,1-4H3;. The summed E-state index contributed by atoms with van der Waals surface area (Å²) in [6.45, 7) is 8.57. The number of benzene rings is 2. The van der Waals surface area contributed by atoms with Crippen LogP contribution in [0.2, 0.25) is 0 Å². The maximum atomic E-state index is 3.58. The molecular formula is C19H18Br2N2Pd. The molecule has 3 rings (SSSR count). The predicted molar refractivity (Wildman–Crippen MR) is 103 cm³/mol. The number of hydrogen-bond acceptors (Lipinski definition) is 0. The number of aryl methyl sites for hydroxylation is 4. The molecule has 0 unspecified atom stereocenters. The van der Waals surface area contributed by atoms with E-state index in [0.717, 1.165) is 12.8 Å². The summed E-state index contributed by atoms with van der Waals surface area (Å²) >= 11 is 10.6. The molecule has 128 valence electrons. The quantitative estimate of drug-likeness (QED) is 0.348. The van der Waals surface area contributed by atoms with E-state index < -0.39 is 0 Å². The molecule has 0 bridgehead atoms. The third kappa shape index (κ3) is 3.20. The SMILES string of the molecule is Cc1cc(Br)cc(C)c1-n1ccn(-c2c(C)cc(Br)cc2C)[c]1=[Pd]. The molecule has 0 saturated heterocycles. The third-order valence-corrected chi connectivity index (χ3v) is 5.79. The first-order chi connectivity index (χ1) is 11.3. The van der Waals surface area contributed by atoms with Crippen LogP contribution in [0.15, 0.2) is 45.6 Å². The van der Waals surface area contributed by atoms with Crippen molar-refractivity contribution in [3.05, 3.63) is 71.7 Å². The van der Waals surface area contributed by atoms with Gasteiger partial charge in [0.15, 0.2) is 0 Å². The monoisotopic (exact) mass is 538 g/mol. The number of imidazole rings is 1. The molecule has 5 heteroatoms. The average molecular weight is 541 g/mol. The molecule has 0 saturated carbocycles. The van der Waals surface area contributed by atoms with Gasteiger partial charge in [0.2, 0.25) is 0 Å². The molecule has 0 radical (unpaired) electrons. The van der Waals surface area contributed by atoms with Crippen molar-refractivity contribution in [1.29, 1.82) is 0 Å². The first kappa shape index (κ1) is 18.1. The van der Waals surface area contributed by atoms with Crippen molar-refractivity contribution in [1.82, 2.24) is 9.13 Å². The third-order valence-electron chi connectivity index (χ3n) is 4.13. The van der Waals surface area contributed by atoms with Crippen molar-refractivity contribution in [3.63, 3.8) is 0 Å². The fourth-order valence-electron chi connectivity index (χ4n) is 3.25. The second-order valence-corrected chi connectivity index (χ2v) is 8.58. The van der Waals surface area contributed by atoms with Crippen LogP contribution in [0.4, 0.5) is 0 Å². The van der Waals surface area contributed by atoms with E-state index in [9.17, 15) is 0 Å². The normalized spacial score (nSPS) is 11.2. The zero-order chi connectivity index (χ0) is 17.6. The molecular weight excluding hydrogens is 522 g/mol. The second kappa shape index (κ2) is 6.88. The van der Waals surface area contributed by atoms with E-state index >= 15 is 0 Å². The Kier molecular flexibility index (Phi) is 5.18. The summed E-state index contributed by atoms with van der Waals surface area (Å²) < 4.78 is 7.68. The fourth-order valence-corrected chi connectivity index (χ4v) is 5.20. The zero-order valence-electron chi connectivity index (χ0n) is 13.9. The Hall–Kier alpha value is -0.728. The van der Waals surface area contributed by atoms with Crippen molar-refractivity contribution in [2.75, 3.05) is 0 Å². The van der Waals surface area contributed by atoms with E-state index in [1.165, 1.54) is 33.6 Å². The molecule has 0 atom stereocenters. The number of halogens is 2. The van der Waals surface area contributed by atoms with Crippen LogP contribution >= 0.6 is 31.9 Å². The van der Waals surface area contributed by atoms with Crippen LogP contribution in [0, 0.1) is 31.6 Å². The van der Waals surface area contributed by atoms with Gasteiger partial charge in [0.25, 0.3) is 0 Å². The molecule has 1 aromatic heterocycles. The molecule has 0 aliphatic rings. The molecule has 0 N–H and O–H groups in total. The summed E-state index contributed by atoms with van der Waals surface area (Å²) in [7, 11) is 0. The molecule has 0 aliphatic heterocycles. The Morgan fingerprint density at radius 2 is 0.958 bits per heavy atom. The van der Waals surface area contributed by atoms with Crippen LogP contribution in [0.25, 0.3) is 11.4 Å². The van der Waals surface area contributed by atoms with Crippen LogP contribution < -0.4 is 0 Å². The van der Waals surface area contributed by atoms with Crippen molar-refractivity contribution in [2.45, 2.75) is 27.7 Å². The van der Waals surface area contributed by atoms with E-state index in [0.29, 0.717) is 0 Å². The van der Waals surface area contributed by atoms with E-state index in [4.69, 9.17) is 0 Å². The fraction of sp³-hybridized carbons (Fsp3) is 0.211. The Labute approximate surface area is 169 Å². The number of aromatic nitrogens is 2. The summed E-state index contributed by atoms with van der Waals surface area (Å²) in [5.41, 5.74) is 7.38. The molecule has 1 heterocycles. The Balaban J connectivity index is 2.24. The summed E-state index contributed by atoms with van der Waals surface area (Å²) in [4.78, 5) is 0. The van der Waals surface area contributed by atoms with Gasteiger partial charge >= 0.3 is 171 Å². The first-order valence-corrected chi connectivity index (χ1v) is 9.95. The number of rotatable bonds is 2. The Morgan fingerprint density at radius 1 is 0.667 bits per heavy atom. The summed E-state index contributed by atoms with van der Waals surface area (Å²) in [5.74, 6) is 0. The molecule has 24 heavy (non-hydrogen) atoms. The van der Waals surface area contributed by atoms with Gasteiger partial charge in [0.1, 0.15) is 0 Å². The van der Waals surface area contributed by atoms with Gasteiger partial charge in [-0.2, -0.15) is 0 Å². The predicted octanol–water partition coefficient (Wildman–Crippen LogP) is 6.11. The van der Waals surface area contributed by atoms with Gasteiger partial charge in [-0.1, -0.05) is 0 Å². The second-order valence-electron chi connectivity index (χ2n) is 6.06. The van der Waals surface area contributed by atoms with Gasteiger partial charge in [-0.25, -0.2) is 0 Å². The van der Waals surface area contributed by atoms with Crippen LogP contribution in [0.5, 0.6) is 0 Å². The summed E-state index contributed by atoms with van der Waals surface area (Å²) in [6, 6.07) is 8.61. The van der Waals surface area contributed by atoms with Crippen LogP contribution in [0.3, 0.4) is 0 Å². The number of hydrogen-bond donors (Lipinski definition) is 0. The van der Waals surface area contributed by atoms with Gasteiger partial charge < -0.3 is 0 Å². The molecule has 0 spiro atoms. The molecule has 0 fully saturated rings. The molecule has 2 aromatic carbocycles. The Morgan fingerprint density at radius 3 is 1.25 bits per heavy atom. The summed E-state index contributed by atoms with van der Waals surface area (Å²) in [5, 5.41) is 0. The Bertz CT molecular complexity index is 875. The van der Waals surface area contributed by atoms with Crippen LogP contribution in [-0.2, 0) is 18.7 Å². The summed E-state index contributed by atoms with van der Waals surface area (Å²) in [6.07, 6.45) is 4.23. The van der Waals surface area contributed by atoms with Crippen molar-refractivity contribution in [3.8, 4) is 11.4 Å². The number of nitrogens with zero attached hydrogens (tertiary/aromatic N) is 2.